The van der Waals surface area contributed by atoms with Crippen molar-refractivity contribution >= 4 is 11.7 Å². The first kappa shape index (κ1) is 13.9. The van der Waals surface area contributed by atoms with Crippen molar-refractivity contribution in [2.24, 2.45) is 0 Å². The molecular weight excluding hydrogens is 236 g/mol. The normalized spacial score (nSPS) is 15.7. The first-order valence-electron chi connectivity index (χ1n) is 7.25. The molecule has 0 aliphatic carbocycles. The summed E-state index contributed by atoms with van der Waals surface area (Å²) in [6.45, 7) is 8.14. The summed E-state index contributed by atoms with van der Waals surface area (Å²) in [5.74, 6) is 0.413. The SMILES string of the molecule is Cc1cccc(C(C)C)c1NC(=O)N1CCCCC1. The molecule has 1 fully saturated rings. The molecule has 3 nitrogen and oxygen atoms in total. The zero-order valence-corrected chi connectivity index (χ0v) is 12.2. The van der Waals surface area contributed by atoms with Crippen LogP contribution in [0.25, 0.3) is 0 Å². The predicted molar refractivity (Wildman–Crippen MR) is 79.7 cm³/mol. The summed E-state index contributed by atoms with van der Waals surface area (Å²) in [5, 5.41) is 3.12. The molecule has 1 aliphatic heterocycles. The lowest BCUT2D eigenvalue weighted by Gasteiger charge is -2.28. The van der Waals surface area contributed by atoms with Crippen LogP contribution in [0.1, 0.15) is 50.2 Å². The lowest BCUT2D eigenvalue weighted by Crippen LogP contribution is -2.39. The van der Waals surface area contributed by atoms with Crippen molar-refractivity contribution in [3.8, 4) is 0 Å². The molecule has 0 aromatic heterocycles. The number of hydrogen-bond donors (Lipinski definition) is 1. The van der Waals surface area contributed by atoms with Gasteiger partial charge in [0.15, 0.2) is 0 Å². The third kappa shape index (κ3) is 3.28. The molecule has 0 bridgehead atoms. The van der Waals surface area contributed by atoms with Crippen molar-refractivity contribution in [2.75, 3.05) is 18.4 Å². The van der Waals surface area contributed by atoms with Crippen LogP contribution in [0.15, 0.2) is 18.2 Å². The maximum absolute atomic E-state index is 12.3. The highest BCUT2D eigenvalue weighted by molar-refractivity contribution is 5.91. The molecule has 1 N–H and O–H groups in total. The Morgan fingerprint density at radius 3 is 2.53 bits per heavy atom. The summed E-state index contributed by atoms with van der Waals surface area (Å²) in [4.78, 5) is 14.2. The first-order chi connectivity index (χ1) is 9.09. The van der Waals surface area contributed by atoms with E-state index in [2.05, 4.69) is 44.3 Å². The molecule has 1 aliphatic rings. The van der Waals surface area contributed by atoms with Gasteiger partial charge in [-0.25, -0.2) is 4.79 Å². The molecule has 0 radical (unpaired) electrons. The molecule has 2 rings (SSSR count). The fraction of sp³-hybridized carbons (Fsp3) is 0.562. The van der Waals surface area contributed by atoms with Crippen molar-refractivity contribution < 1.29 is 4.79 Å². The van der Waals surface area contributed by atoms with E-state index >= 15 is 0 Å². The van der Waals surface area contributed by atoms with Gasteiger partial charge in [0.05, 0.1) is 0 Å². The van der Waals surface area contributed by atoms with Crippen molar-refractivity contribution in [1.82, 2.24) is 4.90 Å². The molecule has 1 aromatic rings. The lowest BCUT2D eigenvalue weighted by atomic mass is 9.98. The third-order valence-electron chi connectivity index (χ3n) is 3.80. The third-order valence-corrected chi connectivity index (χ3v) is 3.80. The summed E-state index contributed by atoms with van der Waals surface area (Å²) in [6.07, 6.45) is 3.49. The van der Waals surface area contributed by atoms with Crippen molar-refractivity contribution in [3.63, 3.8) is 0 Å². The van der Waals surface area contributed by atoms with Crippen molar-refractivity contribution in [3.05, 3.63) is 29.3 Å². The number of nitrogens with one attached hydrogen (secondary N) is 1. The number of aryl methyl sites for hydroxylation is 1. The maximum atomic E-state index is 12.3. The molecule has 1 saturated heterocycles. The van der Waals surface area contributed by atoms with Gasteiger partial charge in [0.2, 0.25) is 0 Å². The van der Waals surface area contributed by atoms with E-state index in [9.17, 15) is 4.79 Å². The van der Waals surface area contributed by atoms with Crippen LogP contribution in [-0.2, 0) is 0 Å². The van der Waals surface area contributed by atoms with E-state index in [4.69, 9.17) is 0 Å². The Labute approximate surface area is 116 Å². The van der Waals surface area contributed by atoms with E-state index in [0.717, 1.165) is 37.2 Å². The van der Waals surface area contributed by atoms with E-state index < -0.39 is 0 Å². The van der Waals surface area contributed by atoms with E-state index in [-0.39, 0.29) is 6.03 Å². The van der Waals surface area contributed by atoms with Crippen LogP contribution in [0, 0.1) is 6.92 Å². The van der Waals surface area contributed by atoms with Gasteiger partial charge >= 0.3 is 6.03 Å². The van der Waals surface area contributed by atoms with Crippen molar-refractivity contribution in [1.29, 1.82) is 0 Å². The molecule has 0 atom stereocenters. The van der Waals surface area contributed by atoms with E-state index in [0.29, 0.717) is 5.92 Å². The summed E-state index contributed by atoms with van der Waals surface area (Å²) < 4.78 is 0. The van der Waals surface area contributed by atoms with Crippen LogP contribution in [0.3, 0.4) is 0 Å². The Kier molecular flexibility index (Phi) is 4.46. The van der Waals surface area contributed by atoms with Gasteiger partial charge in [0.1, 0.15) is 0 Å². The van der Waals surface area contributed by atoms with Gasteiger partial charge < -0.3 is 10.2 Å². The summed E-state index contributed by atoms with van der Waals surface area (Å²) in [6, 6.07) is 6.26. The summed E-state index contributed by atoms with van der Waals surface area (Å²) in [5.41, 5.74) is 3.34. The minimum absolute atomic E-state index is 0.0518. The molecule has 3 heteroatoms. The van der Waals surface area contributed by atoms with E-state index in [1.54, 1.807) is 0 Å². The van der Waals surface area contributed by atoms with Crippen LogP contribution in [0.4, 0.5) is 10.5 Å². The molecule has 0 unspecified atom stereocenters. The number of para-hydroxylation sites is 1. The van der Waals surface area contributed by atoms with Gasteiger partial charge in [-0.1, -0.05) is 32.0 Å². The minimum atomic E-state index is 0.0518. The standard InChI is InChI=1S/C16H24N2O/c1-12(2)14-9-7-8-13(3)15(14)17-16(19)18-10-5-4-6-11-18/h7-9,12H,4-6,10-11H2,1-3H3,(H,17,19). The van der Waals surface area contributed by atoms with Crippen molar-refractivity contribution in [2.45, 2.75) is 46.0 Å². The fourth-order valence-electron chi connectivity index (χ4n) is 2.63. The zero-order valence-electron chi connectivity index (χ0n) is 12.2. The van der Waals surface area contributed by atoms with Crippen LogP contribution in [0.2, 0.25) is 0 Å². The highest BCUT2D eigenvalue weighted by Crippen LogP contribution is 2.27. The molecule has 1 aromatic carbocycles. The molecule has 19 heavy (non-hydrogen) atoms. The van der Waals surface area contributed by atoms with E-state index in [1.165, 1.54) is 12.0 Å². The van der Waals surface area contributed by atoms with Crippen LogP contribution in [0.5, 0.6) is 0 Å². The fourth-order valence-corrected chi connectivity index (χ4v) is 2.63. The van der Waals surface area contributed by atoms with Crippen LogP contribution < -0.4 is 5.32 Å². The number of nitrogens with zero attached hydrogens (tertiary/aromatic N) is 1. The predicted octanol–water partition coefficient (Wildman–Crippen LogP) is 4.14. The number of carbonyl (C=O) groups excluding carboxylic acids is 1. The second-order valence-corrected chi connectivity index (χ2v) is 5.67. The Balaban J connectivity index is 2.15. The van der Waals surface area contributed by atoms with Crippen LogP contribution in [-0.4, -0.2) is 24.0 Å². The number of likely N-dealkylation sites (tertiary alicyclic amines) is 1. The molecular formula is C16H24N2O. The Morgan fingerprint density at radius 1 is 1.21 bits per heavy atom. The zero-order chi connectivity index (χ0) is 13.8. The van der Waals surface area contributed by atoms with Crippen LogP contribution >= 0.6 is 0 Å². The van der Waals surface area contributed by atoms with Gasteiger partial charge in [-0.05, 0) is 43.2 Å². The molecule has 0 spiro atoms. The molecule has 1 heterocycles. The number of rotatable bonds is 2. The number of amides is 2. The Morgan fingerprint density at radius 2 is 1.89 bits per heavy atom. The minimum Gasteiger partial charge on any atom is -0.325 e. The smallest absolute Gasteiger partial charge is 0.321 e. The van der Waals surface area contributed by atoms with Gasteiger partial charge in [-0.3, -0.25) is 0 Å². The number of piperidine rings is 1. The lowest BCUT2D eigenvalue weighted by molar-refractivity contribution is 0.200. The number of benzene rings is 1. The number of hydrogen-bond acceptors (Lipinski definition) is 1. The Bertz CT molecular complexity index is 448. The molecule has 104 valence electrons. The first-order valence-corrected chi connectivity index (χ1v) is 7.25. The summed E-state index contributed by atoms with van der Waals surface area (Å²) >= 11 is 0. The number of urea groups is 1. The molecule has 2 amide bonds. The second kappa shape index (κ2) is 6.09. The highest BCUT2D eigenvalue weighted by Gasteiger charge is 2.18. The quantitative estimate of drug-likeness (QED) is 0.851. The molecule has 0 saturated carbocycles. The van der Waals surface area contributed by atoms with Gasteiger partial charge in [0.25, 0.3) is 0 Å². The van der Waals surface area contributed by atoms with E-state index in [1.807, 2.05) is 4.90 Å². The topological polar surface area (TPSA) is 32.3 Å². The summed E-state index contributed by atoms with van der Waals surface area (Å²) in [7, 11) is 0. The monoisotopic (exact) mass is 260 g/mol. The highest BCUT2D eigenvalue weighted by atomic mass is 16.2. The maximum Gasteiger partial charge on any atom is 0.321 e. The average Bonchev–Trinajstić information content (AvgIpc) is 2.41. The second-order valence-electron chi connectivity index (χ2n) is 5.67. The van der Waals surface area contributed by atoms with Gasteiger partial charge in [-0.2, -0.15) is 0 Å². The largest absolute Gasteiger partial charge is 0.325 e. The van der Waals surface area contributed by atoms with Gasteiger partial charge in [0, 0.05) is 18.8 Å². The number of anilines is 1. The Hall–Kier alpha value is -1.51. The van der Waals surface area contributed by atoms with Gasteiger partial charge in [-0.15, -0.1) is 0 Å². The number of carbonyl (C=O) groups is 1. The average molecular weight is 260 g/mol.